The topological polar surface area (TPSA) is 38.0 Å². The number of hydrogen-bond donors (Lipinski definition) is 2. The standard InChI is InChI=1S/C14H14Br2N2/c15-11-7-5-10(6-8-11)14(9-17)18-13-4-2-1-3-12(13)16/h1-8,14,18H,9,17H2. The Balaban J connectivity index is 2.20. The molecule has 0 bridgehead atoms. The van der Waals surface area contributed by atoms with Crippen LogP contribution in [0.1, 0.15) is 11.6 Å². The first kappa shape index (κ1) is 13.6. The SMILES string of the molecule is NCC(Nc1ccccc1Br)c1ccc(Br)cc1. The Labute approximate surface area is 124 Å². The van der Waals surface area contributed by atoms with E-state index >= 15 is 0 Å². The van der Waals surface area contributed by atoms with Gasteiger partial charge in [-0.25, -0.2) is 0 Å². The van der Waals surface area contributed by atoms with Crippen LogP contribution in [0, 0.1) is 0 Å². The summed E-state index contributed by atoms with van der Waals surface area (Å²) in [5, 5.41) is 3.45. The minimum Gasteiger partial charge on any atom is -0.376 e. The Morgan fingerprint density at radius 2 is 1.67 bits per heavy atom. The first-order chi connectivity index (χ1) is 8.70. The lowest BCUT2D eigenvalue weighted by molar-refractivity contribution is 0.789. The Morgan fingerprint density at radius 3 is 2.28 bits per heavy atom. The fraction of sp³-hybridized carbons (Fsp3) is 0.143. The molecule has 2 aromatic rings. The van der Waals surface area contributed by atoms with Gasteiger partial charge < -0.3 is 11.1 Å². The lowest BCUT2D eigenvalue weighted by atomic mass is 10.1. The quantitative estimate of drug-likeness (QED) is 0.841. The maximum Gasteiger partial charge on any atom is 0.0636 e. The number of rotatable bonds is 4. The van der Waals surface area contributed by atoms with Gasteiger partial charge >= 0.3 is 0 Å². The van der Waals surface area contributed by atoms with E-state index in [0.29, 0.717) is 6.54 Å². The van der Waals surface area contributed by atoms with E-state index in [1.807, 2.05) is 36.4 Å². The zero-order chi connectivity index (χ0) is 13.0. The summed E-state index contributed by atoms with van der Waals surface area (Å²) in [5.41, 5.74) is 8.08. The van der Waals surface area contributed by atoms with E-state index < -0.39 is 0 Å². The molecular formula is C14H14Br2N2. The van der Waals surface area contributed by atoms with Gasteiger partial charge in [0.15, 0.2) is 0 Å². The Hall–Kier alpha value is -0.840. The average Bonchev–Trinajstić information content (AvgIpc) is 2.39. The highest BCUT2D eigenvalue weighted by molar-refractivity contribution is 9.10. The summed E-state index contributed by atoms with van der Waals surface area (Å²) in [6, 6.07) is 16.4. The number of anilines is 1. The van der Waals surface area contributed by atoms with Gasteiger partial charge in [-0.3, -0.25) is 0 Å². The molecule has 2 nitrogen and oxygen atoms in total. The van der Waals surface area contributed by atoms with Gasteiger partial charge in [0.05, 0.1) is 6.04 Å². The van der Waals surface area contributed by atoms with E-state index in [2.05, 4.69) is 49.3 Å². The second-order valence-electron chi connectivity index (χ2n) is 3.96. The predicted molar refractivity (Wildman–Crippen MR) is 83.7 cm³/mol. The van der Waals surface area contributed by atoms with Gasteiger partial charge in [0.25, 0.3) is 0 Å². The fourth-order valence-corrected chi connectivity index (χ4v) is 2.40. The van der Waals surface area contributed by atoms with Crippen molar-refractivity contribution in [3.63, 3.8) is 0 Å². The molecule has 0 radical (unpaired) electrons. The van der Waals surface area contributed by atoms with Gasteiger partial charge in [0.2, 0.25) is 0 Å². The lowest BCUT2D eigenvalue weighted by Crippen LogP contribution is -2.20. The monoisotopic (exact) mass is 368 g/mol. The van der Waals surface area contributed by atoms with E-state index in [1.54, 1.807) is 0 Å². The third-order valence-electron chi connectivity index (χ3n) is 2.71. The first-order valence-electron chi connectivity index (χ1n) is 5.67. The molecule has 0 spiro atoms. The molecule has 0 saturated carbocycles. The summed E-state index contributed by atoms with van der Waals surface area (Å²) in [6.07, 6.45) is 0. The van der Waals surface area contributed by atoms with Crippen LogP contribution in [0.15, 0.2) is 57.5 Å². The number of nitrogens with two attached hydrogens (primary N) is 1. The molecule has 4 heteroatoms. The Kier molecular flexibility index (Phi) is 4.80. The molecule has 94 valence electrons. The van der Waals surface area contributed by atoms with Crippen molar-refractivity contribution in [3.05, 3.63) is 63.0 Å². The summed E-state index contributed by atoms with van der Waals surface area (Å²) in [5.74, 6) is 0. The number of nitrogens with one attached hydrogen (secondary N) is 1. The van der Waals surface area contributed by atoms with Gasteiger partial charge in [-0.2, -0.15) is 0 Å². The summed E-state index contributed by atoms with van der Waals surface area (Å²) in [7, 11) is 0. The zero-order valence-corrected chi connectivity index (χ0v) is 12.9. The molecule has 0 aliphatic rings. The molecule has 1 unspecified atom stereocenters. The normalized spacial score (nSPS) is 12.2. The van der Waals surface area contributed by atoms with Crippen molar-refractivity contribution in [2.45, 2.75) is 6.04 Å². The molecular weight excluding hydrogens is 356 g/mol. The van der Waals surface area contributed by atoms with Crippen LogP contribution in [0.5, 0.6) is 0 Å². The van der Waals surface area contributed by atoms with Gasteiger partial charge in [0.1, 0.15) is 0 Å². The molecule has 1 atom stereocenters. The van der Waals surface area contributed by atoms with Crippen LogP contribution < -0.4 is 11.1 Å². The van der Waals surface area contributed by atoms with Crippen LogP contribution >= 0.6 is 31.9 Å². The average molecular weight is 370 g/mol. The minimum absolute atomic E-state index is 0.108. The summed E-state index contributed by atoms with van der Waals surface area (Å²) in [4.78, 5) is 0. The van der Waals surface area contributed by atoms with Crippen LogP contribution in [0.2, 0.25) is 0 Å². The zero-order valence-electron chi connectivity index (χ0n) is 9.74. The molecule has 0 fully saturated rings. The smallest absolute Gasteiger partial charge is 0.0636 e. The van der Waals surface area contributed by atoms with E-state index in [4.69, 9.17) is 5.73 Å². The fourth-order valence-electron chi connectivity index (χ4n) is 1.74. The summed E-state index contributed by atoms with van der Waals surface area (Å²) >= 11 is 6.96. The Bertz CT molecular complexity index is 511. The third kappa shape index (κ3) is 3.34. The predicted octanol–water partition coefficient (Wildman–Crippen LogP) is 4.32. The van der Waals surface area contributed by atoms with Gasteiger partial charge in [-0.05, 0) is 45.8 Å². The largest absolute Gasteiger partial charge is 0.376 e. The van der Waals surface area contributed by atoms with Crippen molar-refractivity contribution < 1.29 is 0 Å². The molecule has 2 aromatic carbocycles. The number of halogens is 2. The van der Waals surface area contributed by atoms with Crippen molar-refractivity contribution in [1.29, 1.82) is 0 Å². The van der Waals surface area contributed by atoms with Gasteiger partial charge in [0, 0.05) is 21.2 Å². The van der Waals surface area contributed by atoms with E-state index in [9.17, 15) is 0 Å². The number of benzene rings is 2. The van der Waals surface area contributed by atoms with Crippen LogP contribution in [-0.4, -0.2) is 6.54 Å². The summed E-state index contributed by atoms with van der Waals surface area (Å²) in [6.45, 7) is 0.545. The van der Waals surface area contributed by atoms with Crippen LogP contribution in [0.4, 0.5) is 5.69 Å². The third-order valence-corrected chi connectivity index (χ3v) is 3.93. The van der Waals surface area contributed by atoms with Crippen molar-refractivity contribution in [1.82, 2.24) is 0 Å². The van der Waals surface area contributed by atoms with Crippen LogP contribution in [0.25, 0.3) is 0 Å². The molecule has 2 rings (SSSR count). The molecule has 0 aromatic heterocycles. The van der Waals surface area contributed by atoms with Crippen molar-refractivity contribution in [3.8, 4) is 0 Å². The maximum absolute atomic E-state index is 5.85. The second kappa shape index (κ2) is 6.36. The minimum atomic E-state index is 0.108. The molecule has 0 aliphatic carbocycles. The molecule has 3 N–H and O–H groups in total. The molecule has 0 heterocycles. The second-order valence-corrected chi connectivity index (χ2v) is 5.73. The van der Waals surface area contributed by atoms with Crippen LogP contribution in [0.3, 0.4) is 0 Å². The van der Waals surface area contributed by atoms with Crippen molar-refractivity contribution in [2.24, 2.45) is 5.73 Å². The number of hydrogen-bond acceptors (Lipinski definition) is 2. The molecule has 0 saturated heterocycles. The van der Waals surface area contributed by atoms with E-state index in [1.165, 1.54) is 5.56 Å². The highest BCUT2D eigenvalue weighted by Crippen LogP contribution is 2.26. The highest BCUT2D eigenvalue weighted by Gasteiger charge is 2.10. The van der Waals surface area contributed by atoms with Crippen molar-refractivity contribution >= 4 is 37.5 Å². The molecule has 18 heavy (non-hydrogen) atoms. The van der Waals surface area contributed by atoms with Gasteiger partial charge in [-0.1, -0.05) is 40.2 Å². The highest BCUT2D eigenvalue weighted by atomic mass is 79.9. The van der Waals surface area contributed by atoms with E-state index in [0.717, 1.165) is 14.6 Å². The number of para-hydroxylation sites is 1. The lowest BCUT2D eigenvalue weighted by Gasteiger charge is -2.19. The van der Waals surface area contributed by atoms with Crippen LogP contribution in [-0.2, 0) is 0 Å². The maximum atomic E-state index is 5.85. The Morgan fingerprint density at radius 1 is 1.00 bits per heavy atom. The molecule has 0 aliphatic heterocycles. The summed E-state index contributed by atoms with van der Waals surface area (Å²) < 4.78 is 2.11. The van der Waals surface area contributed by atoms with E-state index in [-0.39, 0.29) is 6.04 Å². The van der Waals surface area contributed by atoms with Crippen molar-refractivity contribution in [2.75, 3.05) is 11.9 Å². The first-order valence-corrected chi connectivity index (χ1v) is 7.26. The molecule has 0 amide bonds. The van der Waals surface area contributed by atoms with Gasteiger partial charge in [-0.15, -0.1) is 0 Å².